The zero-order valence-electron chi connectivity index (χ0n) is 8.14. The summed E-state index contributed by atoms with van der Waals surface area (Å²) in [5, 5.41) is 2.12. The number of hydrogen-bond donors (Lipinski definition) is 1. The zero-order chi connectivity index (χ0) is 12.2. The van der Waals surface area contributed by atoms with Crippen LogP contribution in [0.25, 0.3) is 0 Å². The summed E-state index contributed by atoms with van der Waals surface area (Å²) >= 11 is 0. The van der Waals surface area contributed by atoms with Crippen LogP contribution in [0.1, 0.15) is 12.0 Å². The minimum absolute atomic E-state index is 0.285. The summed E-state index contributed by atoms with van der Waals surface area (Å²) in [6.07, 6.45) is -0.895. The van der Waals surface area contributed by atoms with Crippen molar-refractivity contribution in [3.05, 3.63) is 29.8 Å². The maximum absolute atomic E-state index is 11.8. The topological polar surface area (TPSA) is 29.1 Å². The van der Waals surface area contributed by atoms with Gasteiger partial charge in [0.05, 0.1) is 0 Å². The third kappa shape index (κ3) is 4.05. The van der Waals surface area contributed by atoms with Crippen molar-refractivity contribution < 1.29 is 18.0 Å². The second-order valence-corrected chi connectivity index (χ2v) is 3.06. The minimum Gasteiger partial charge on any atom is -0.326 e. The molecule has 0 aliphatic heterocycles. The van der Waals surface area contributed by atoms with Crippen molar-refractivity contribution in [2.24, 2.45) is 0 Å². The van der Waals surface area contributed by atoms with Gasteiger partial charge in [0.2, 0.25) is 5.91 Å². The summed E-state index contributed by atoms with van der Waals surface area (Å²) in [6.45, 7) is 0. The first-order chi connectivity index (χ1) is 7.40. The summed E-state index contributed by atoms with van der Waals surface area (Å²) in [5.74, 6) is 1.26. The third-order valence-corrected chi connectivity index (χ3v) is 1.70. The molecule has 0 saturated heterocycles. The van der Waals surface area contributed by atoms with E-state index in [0.717, 1.165) is 0 Å². The number of halogens is 3. The number of nitrogens with one attached hydrogen (secondary N) is 1. The molecule has 5 heteroatoms. The van der Waals surface area contributed by atoms with Crippen molar-refractivity contribution in [1.82, 2.24) is 0 Å². The molecule has 0 aliphatic rings. The lowest BCUT2D eigenvalue weighted by Crippen LogP contribution is -2.21. The Balaban J connectivity index is 2.61. The number of terminal acetylenes is 1. The van der Waals surface area contributed by atoms with Gasteiger partial charge in [-0.2, -0.15) is 13.2 Å². The monoisotopic (exact) mass is 227 g/mol. The highest BCUT2D eigenvalue weighted by Crippen LogP contribution is 2.20. The molecule has 16 heavy (non-hydrogen) atoms. The fourth-order valence-corrected chi connectivity index (χ4v) is 1.04. The van der Waals surface area contributed by atoms with Gasteiger partial charge in [-0.05, 0) is 24.3 Å². The molecule has 0 aromatic heterocycles. The fourth-order valence-electron chi connectivity index (χ4n) is 1.04. The van der Waals surface area contributed by atoms with Crippen LogP contribution in [0.4, 0.5) is 18.9 Å². The van der Waals surface area contributed by atoms with Crippen LogP contribution in [0.15, 0.2) is 24.3 Å². The average molecular weight is 227 g/mol. The fraction of sp³-hybridized carbons (Fsp3) is 0.182. The Morgan fingerprint density at radius 1 is 1.31 bits per heavy atom. The Labute approximate surface area is 90.5 Å². The molecule has 0 atom stereocenters. The molecule has 1 rings (SSSR count). The van der Waals surface area contributed by atoms with Crippen LogP contribution >= 0.6 is 0 Å². The van der Waals surface area contributed by atoms with E-state index in [4.69, 9.17) is 6.42 Å². The largest absolute Gasteiger partial charge is 0.397 e. The first kappa shape index (κ1) is 12.1. The van der Waals surface area contributed by atoms with Crippen molar-refractivity contribution in [3.8, 4) is 12.3 Å². The number of alkyl halides is 3. The number of carbonyl (C=O) groups excluding carboxylic acids is 1. The molecule has 2 nitrogen and oxygen atoms in total. The molecule has 1 amide bonds. The number of hydrogen-bond acceptors (Lipinski definition) is 1. The van der Waals surface area contributed by atoms with Crippen LogP contribution in [0.3, 0.4) is 0 Å². The van der Waals surface area contributed by atoms with Crippen LogP contribution in [-0.2, 0) is 4.79 Å². The highest BCUT2D eigenvalue weighted by Gasteiger charge is 2.31. The Hall–Kier alpha value is -1.96. The van der Waals surface area contributed by atoms with E-state index in [1.165, 1.54) is 24.3 Å². The highest BCUT2D eigenvalue weighted by atomic mass is 19.4. The number of rotatable bonds is 2. The molecule has 0 bridgehead atoms. The van der Waals surface area contributed by atoms with Crippen LogP contribution in [0.2, 0.25) is 0 Å². The number of anilines is 1. The molecular formula is C11H8F3NO. The molecule has 0 radical (unpaired) electrons. The molecule has 0 fully saturated rings. The van der Waals surface area contributed by atoms with E-state index in [9.17, 15) is 18.0 Å². The van der Waals surface area contributed by atoms with Crippen molar-refractivity contribution in [1.29, 1.82) is 0 Å². The summed E-state index contributed by atoms with van der Waals surface area (Å²) < 4.78 is 35.5. The van der Waals surface area contributed by atoms with Crippen molar-refractivity contribution >= 4 is 11.6 Å². The predicted molar refractivity (Wildman–Crippen MR) is 53.7 cm³/mol. The molecule has 1 N–H and O–H groups in total. The van der Waals surface area contributed by atoms with Gasteiger partial charge in [-0.3, -0.25) is 4.79 Å². The van der Waals surface area contributed by atoms with E-state index in [1.54, 1.807) is 0 Å². The van der Waals surface area contributed by atoms with Crippen molar-refractivity contribution in [2.75, 3.05) is 5.32 Å². The van der Waals surface area contributed by atoms with Crippen LogP contribution in [0.5, 0.6) is 0 Å². The Morgan fingerprint density at radius 2 is 1.88 bits per heavy atom. The van der Waals surface area contributed by atoms with Crippen LogP contribution in [-0.4, -0.2) is 12.1 Å². The summed E-state index contributed by atoms with van der Waals surface area (Å²) in [5.41, 5.74) is 0.877. The molecule has 0 saturated carbocycles. The van der Waals surface area contributed by atoms with Gasteiger partial charge in [-0.25, -0.2) is 0 Å². The first-order valence-electron chi connectivity index (χ1n) is 4.34. The van der Waals surface area contributed by atoms with E-state index in [0.29, 0.717) is 5.56 Å². The second kappa shape index (κ2) is 4.71. The third-order valence-electron chi connectivity index (χ3n) is 1.70. The van der Waals surface area contributed by atoms with E-state index < -0.39 is 18.5 Å². The lowest BCUT2D eigenvalue weighted by molar-refractivity contribution is -0.150. The minimum atomic E-state index is -4.50. The molecule has 0 spiro atoms. The molecule has 84 valence electrons. The predicted octanol–water partition coefficient (Wildman–Crippen LogP) is 2.56. The van der Waals surface area contributed by atoms with Crippen molar-refractivity contribution in [3.63, 3.8) is 0 Å². The van der Waals surface area contributed by atoms with Gasteiger partial charge in [-0.1, -0.05) is 5.92 Å². The van der Waals surface area contributed by atoms with Crippen LogP contribution < -0.4 is 5.32 Å². The SMILES string of the molecule is C#Cc1ccc(NC(=O)CC(F)(F)F)cc1. The summed E-state index contributed by atoms with van der Waals surface area (Å²) in [7, 11) is 0. The molecule has 1 aromatic rings. The van der Waals surface area contributed by atoms with E-state index >= 15 is 0 Å². The molecule has 0 aliphatic carbocycles. The molecule has 0 heterocycles. The lowest BCUT2D eigenvalue weighted by Gasteiger charge is -2.07. The zero-order valence-corrected chi connectivity index (χ0v) is 8.14. The van der Waals surface area contributed by atoms with Crippen LogP contribution in [0, 0.1) is 12.3 Å². The van der Waals surface area contributed by atoms with Gasteiger partial charge in [0.1, 0.15) is 6.42 Å². The number of amides is 1. The maximum atomic E-state index is 11.8. The van der Waals surface area contributed by atoms with Gasteiger partial charge in [0.25, 0.3) is 0 Å². The van der Waals surface area contributed by atoms with E-state index in [1.807, 2.05) is 0 Å². The normalized spacial score (nSPS) is 10.6. The van der Waals surface area contributed by atoms with Gasteiger partial charge in [0, 0.05) is 11.3 Å². The Kier molecular flexibility index (Phi) is 3.56. The number of carbonyl (C=O) groups is 1. The molecule has 1 aromatic carbocycles. The Morgan fingerprint density at radius 3 is 2.31 bits per heavy atom. The van der Waals surface area contributed by atoms with Crippen molar-refractivity contribution in [2.45, 2.75) is 12.6 Å². The van der Waals surface area contributed by atoms with Gasteiger partial charge in [-0.15, -0.1) is 6.42 Å². The highest BCUT2D eigenvalue weighted by molar-refractivity contribution is 5.91. The van der Waals surface area contributed by atoms with E-state index in [2.05, 4.69) is 11.2 Å². The summed E-state index contributed by atoms with van der Waals surface area (Å²) in [4.78, 5) is 10.9. The number of benzene rings is 1. The van der Waals surface area contributed by atoms with E-state index in [-0.39, 0.29) is 5.69 Å². The van der Waals surface area contributed by atoms with Gasteiger partial charge >= 0.3 is 6.18 Å². The first-order valence-corrected chi connectivity index (χ1v) is 4.34. The summed E-state index contributed by atoms with van der Waals surface area (Å²) in [6, 6.07) is 5.96. The quantitative estimate of drug-likeness (QED) is 0.773. The Bertz CT molecular complexity index is 414. The smallest absolute Gasteiger partial charge is 0.326 e. The van der Waals surface area contributed by atoms with Gasteiger partial charge in [0.15, 0.2) is 0 Å². The molecule has 0 unspecified atom stereocenters. The maximum Gasteiger partial charge on any atom is 0.397 e. The standard InChI is InChI=1S/C11H8F3NO/c1-2-8-3-5-9(6-4-8)15-10(16)7-11(12,13)14/h1,3-6H,7H2,(H,15,16). The van der Waals surface area contributed by atoms with Gasteiger partial charge < -0.3 is 5.32 Å². The second-order valence-electron chi connectivity index (χ2n) is 3.06. The average Bonchev–Trinajstić information content (AvgIpc) is 2.16. The lowest BCUT2D eigenvalue weighted by atomic mass is 10.2. The molecular weight excluding hydrogens is 219 g/mol.